The van der Waals surface area contributed by atoms with Crippen LogP contribution in [0.1, 0.15) is 29.8 Å². The van der Waals surface area contributed by atoms with Crippen LogP contribution in [0.3, 0.4) is 0 Å². The monoisotopic (exact) mass is 504 g/mol. The summed E-state index contributed by atoms with van der Waals surface area (Å²) in [5.41, 5.74) is 3.88. The number of ether oxygens (including phenoxy) is 1. The number of aromatic nitrogens is 3. The van der Waals surface area contributed by atoms with Gasteiger partial charge in [-0.2, -0.15) is 4.98 Å². The second kappa shape index (κ2) is 10.6. The number of aryl methyl sites for hydroxylation is 1. The molecule has 2 saturated heterocycles. The van der Waals surface area contributed by atoms with Gasteiger partial charge in [0.05, 0.1) is 23.2 Å². The van der Waals surface area contributed by atoms with Crippen molar-refractivity contribution in [3.8, 4) is 5.88 Å². The van der Waals surface area contributed by atoms with Gasteiger partial charge in [0.15, 0.2) is 0 Å². The fourth-order valence-electron chi connectivity index (χ4n) is 4.59. The number of benzene rings is 1. The summed E-state index contributed by atoms with van der Waals surface area (Å²) in [7, 11) is 1.55. The molecular weight excluding hydrogens is 476 g/mol. The third-order valence-electron chi connectivity index (χ3n) is 6.42. The predicted octanol–water partition coefficient (Wildman–Crippen LogP) is 3.67. The molecule has 2 aliphatic heterocycles. The molecule has 3 aromatic rings. The first kappa shape index (κ1) is 24.2. The summed E-state index contributed by atoms with van der Waals surface area (Å²) in [4.78, 5) is 39.6. The van der Waals surface area contributed by atoms with E-state index in [0.717, 1.165) is 62.0 Å². The molecule has 0 spiro atoms. The van der Waals surface area contributed by atoms with E-state index < -0.39 is 5.91 Å². The lowest BCUT2D eigenvalue weighted by Crippen LogP contribution is -2.38. The minimum atomic E-state index is -0.410. The summed E-state index contributed by atoms with van der Waals surface area (Å²) in [6.45, 7) is 5.46. The average Bonchev–Trinajstić information content (AvgIpc) is 3.20. The maximum absolute atomic E-state index is 11.9. The number of para-hydroxylation sites is 1. The summed E-state index contributed by atoms with van der Waals surface area (Å²) in [6, 6.07) is 12.1. The van der Waals surface area contributed by atoms with Gasteiger partial charge in [0, 0.05) is 36.8 Å². The van der Waals surface area contributed by atoms with Gasteiger partial charge in [0.2, 0.25) is 11.8 Å². The van der Waals surface area contributed by atoms with Gasteiger partial charge in [-0.05, 0) is 67.8 Å². The van der Waals surface area contributed by atoms with Crippen molar-refractivity contribution in [2.24, 2.45) is 5.92 Å². The maximum atomic E-state index is 11.9. The predicted molar refractivity (Wildman–Crippen MR) is 141 cm³/mol. The quantitative estimate of drug-likeness (QED) is 0.466. The van der Waals surface area contributed by atoms with E-state index in [1.54, 1.807) is 19.3 Å². The molecule has 2 amide bonds. The van der Waals surface area contributed by atoms with E-state index in [9.17, 15) is 9.59 Å². The molecule has 0 radical (unpaired) electrons. The van der Waals surface area contributed by atoms with Gasteiger partial charge in [-0.3, -0.25) is 19.9 Å². The highest BCUT2D eigenvalue weighted by Crippen LogP contribution is 2.28. The van der Waals surface area contributed by atoms with Crippen molar-refractivity contribution >= 4 is 45.8 Å². The number of carbonyl (C=O) groups excluding carboxylic acids is 2. The van der Waals surface area contributed by atoms with Crippen LogP contribution >= 0.6 is 11.8 Å². The highest BCUT2D eigenvalue weighted by molar-refractivity contribution is 8.18. The Bertz CT molecular complexity index is 1340. The molecule has 2 fully saturated rings. The molecular formula is C26H28N6O3S. The van der Waals surface area contributed by atoms with Crippen LogP contribution in [-0.4, -0.2) is 52.8 Å². The maximum Gasteiger partial charge on any atom is 0.290 e. The van der Waals surface area contributed by atoms with Gasteiger partial charge in [-0.1, -0.05) is 18.2 Å². The van der Waals surface area contributed by atoms with E-state index in [-0.39, 0.29) is 5.24 Å². The Morgan fingerprint density at radius 3 is 2.72 bits per heavy atom. The third kappa shape index (κ3) is 5.50. The summed E-state index contributed by atoms with van der Waals surface area (Å²) >= 11 is 0.867. The highest BCUT2D eigenvalue weighted by atomic mass is 32.2. The number of anilines is 1. The Morgan fingerprint density at radius 1 is 1.17 bits per heavy atom. The van der Waals surface area contributed by atoms with Crippen molar-refractivity contribution in [2.45, 2.75) is 26.3 Å². The van der Waals surface area contributed by atoms with E-state index >= 15 is 0 Å². The smallest absolute Gasteiger partial charge is 0.290 e. The zero-order chi connectivity index (χ0) is 25.1. The zero-order valence-corrected chi connectivity index (χ0v) is 21.1. The molecule has 0 unspecified atom stereocenters. The summed E-state index contributed by atoms with van der Waals surface area (Å²) in [5.74, 6) is 1.14. The summed E-state index contributed by atoms with van der Waals surface area (Å²) in [6.07, 6.45) is 3.64. The van der Waals surface area contributed by atoms with Crippen molar-refractivity contribution < 1.29 is 14.3 Å². The Balaban J connectivity index is 1.19. The molecule has 1 aromatic carbocycles. The number of amides is 2. The molecule has 2 N–H and O–H groups in total. The number of piperidine rings is 1. The average molecular weight is 505 g/mol. The number of hydrogen-bond donors (Lipinski definition) is 2. The molecule has 36 heavy (non-hydrogen) atoms. The first-order valence-electron chi connectivity index (χ1n) is 12.0. The second-order valence-corrected chi connectivity index (χ2v) is 10.0. The van der Waals surface area contributed by atoms with Gasteiger partial charge in [-0.15, -0.1) is 0 Å². The van der Waals surface area contributed by atoms with E-state index in [0.29, 0.717) is 28.3 Å². The number of hydrogen-bond acceptors (Lipinski definition) is 9. The van der Waals surface area contributed by atoms with Gasteiger partial charge < -0.3 is 15.0 Å². The molecule has 9 nitrogen and oxygen atoms in total. The Labute approximate surface area is 213 Å². The van der Waals surface area contributed by atoms with Crippen molar-refractivity contribution in [2.75, 3.05) is 31.6 Å². The molecule has 0 aliphatic carbocycles. The fraction of sp³-hybridized carbons (Fsp3) is 0.346. The Kier molecular flexibility index (Phi) is 7.15. The molecule has 10 heteroatoms. The third-order valence-corrected chi connectivity index (χ3v) is 7.23. The molecule has 0 atom stereocenters. The molecule has 0 bridgehead atoms. The number of nitrogens with zero attached hydrogens (tertiary/aromatic N) is 4. The highest BCUT2D eigenvalue weighted by Gasteiger charge is 2.26. The molecule has 186 valence electrons. The van der Waals surface area contributed by atoms with Gasteiger partial charge >= 0.3 is 0 Å². The number of nitrogens with one attached hydrogen (secondary N) is 2. The number of carbonyl (C=O) groups is 2. The Hall–Kier alpha value is -3.50. The van der Waals surface area contributed by atoms with E-state index in [2.05, 4.69) is 54.8 Å². The van der Waals surface area contributed by atoms with Crippen LogP contribution in [0.15, 0.2) is 41.3 Å². The van der Waals surface area contributed by atoms with Crippen molar-refractivity contribution in [3.05, 3.63) is 58.3 Å². The lowest BCUT2D eigenvalue weighted by molar-refractivity contribution is -0.115. The van der Waals surface area contributed by atoms with Gasteiger partial charge in [0.1, 0.15) is 0 Å². The van der Waals surface area contributed by atoms with Gasteiger partial charge in [-0.25, -0.2) is 4.98 Å². The minimum Gasteiger partial charge on any atom is -0.481 e. The number of thioether (sulfide) groups is 1. The number of rotatable bonds is 7. The van der Waals surface area contributed by atoms with Crippen LogP contribution in [0.5, 0.6) is 5.88 Å². The molecule has 2 aromatic heterocycles. The number of imide groups is 1. The lowest BCUT2D eigenvalue weighted by atomic mass is 9.97. The van der Waals surface area contributed by atoms with E-state index in [1.165, 1.54) is 10.9 Å². The van der Waals surface area contributed by atoms with Crippen molar-refractivity contribution in [1.29, 1.82) is 0 Å². The first-order valence-corrected chi connectivity index (χ1v) is 12.8. The Morgan fingerprint density at radius 2 is 1.97 bits per heavy atom. The zero-order valence-electron chi connectivity index (χ0n) is 20.3. The fourth-order valence-corrected chi connectivity index (χ4v) is 5.26. The largest absolute Gasteiger partial charge is 0.481 e. The summed E-state index contributed by atoms with van der Waals surface area (Å²) < 4.78 is 5.36. The van der Waals surface area contributed by atoms with Crippen LogP contribution in [-0.2, 0) is 11.3 Å². The summed E-state index contributed by atoms with van der Waals surface area (Å²) in [5, 5.41) is 6.73. The first-order chi connectivity index (χ1) is 17.5. The molecule has 2 aliphatic rings. The van der Waals surface area contributed by atoms with Gasteiger partial charge in [0.25, 0.3) is 11.1 Å². The molecule has 0 saturated carbocycles. The van der Waals surface area contributed by atoms with Crippen LogP contribution < -0.4 is 20.3 Å². The SMILES string of the molecule is COc1cc(C=C2SC(=O)NC2=O)nc(N2CCC(CNCc3cc(C)nc4ccccc34)CC2)n1. The minimum absolute atomic E-state index is 0.314. The lowest BCUT2D eigenvalue weighted by Gasteiger charge is -2.32. The number of fused-ring (bicyclic) bond motifs is 1. The van der Waals surface area contributed by atoms with Crippen LogP contribution in [0.2, 0.25) is 0 Å². The number of methoxy groups -OCH3 is 1. The number of pyridine rings is 1. The van der Waals surface area contributed by atoms with Crippen LogP contribution in [0, 0.1) is 12.8 Å². The molecule has 5 rings (SSSR count). The standard InChI is InChI=1S/C26H28N6O3S/c1-16-11-18(20-5-3-4-6-21(20)28-16)15-27-14-17-7-9-32(10-8-17)25-29-19(13-23(30-25)35-2)12-22-24(33)31-26(34)36-22/h3-6,11-13,17,27H,7-10,14-15H2,1-2H3,(H,31,33,34). The second-order valence-electron chi connectivity index (χ2n) is 8.99. The van der Waals surface area contributed by atoms with Crippen LogP contribution in [0.25, 0.3) is 17.0 Å². The topological polar surface area (TPSA) is 109 Å². The normalized spacial score (nSPS) is 17.7. The van der Waals surface area contributed by atoms with Crippen molar-refractivity contribution in [1.82, 2.24) is 25.6 Å². The van der Waals surface area contributed by atoms with Crippen LogP contribution in [0.4, 0.5) is 10.7 Å². The van der Waals surface area contributed by atoms with Crippen molar-refractivity contribution in [3.63, 3.8) is 0 Å². The van der Waals surface area contributed by atoms with E-state index in [1.807, 2.05) is 13.0 Å². The molecule has 4 heterocycles. The van der Waals surface area contributed by atoms with E-state index in [4.69, 9.17) is 4.74 Å².